The highest BCUT2D eigenvalue weighted by Gasteiger charge is 2.24. The summed E-state index contributed by atoms with van der Waals surface area (Å²) < 4.78 is 43.2. The van der Waals surface area contributed by atoms with Crippen molar-refractivity contribution in [2.24, 2.45) is 0 Å². The molecular weight excluding hydrogens is 464 g/mol. The van der Waals surface area contributed by atoms with E-state index < -0.39 is 9.84 Å². The zero-order chi connectivity index (χ0) is 23.6. The Morgan fingerprint density at radius 3 is 2.24 bits per heavy atom. The highest BCUT2D eigenvalue weighted by Crippen LogP contribution is 2.38. The van der Waals surface area contributed by atoms with Crippen molar-refractivity contribution in [3.05, 3.63) is 71.9 Å². The minimum atomic E-state index is -3.93. The van der Waals surface area contributed by atoms with Crippen molar-refractivity contribution in [1.29, 1.82) is 0 Å². The Hall–Kier alpha value is -3.49. The number of nitrogens with one attached hydrogen (secondary N) is 1. The summed E-state index contributed by atoms with van der Waals surface area (Å²) >= 11 is 5.96. The van der Waals surface area contributed by atoms with Crippen LogP contribution in [-0.4, -0.2) is 34.7 Å². The molecule has 4 aromatic rings. The Bertz CT molecular complexity index is 1420. The third-order valence-electron chi connectivity index (χ3n) is 5.11. The van der Waals surface area contributed by atoms with Crippen LogP contribution in [0.2, 0.25) is 5.02 Å². The molecule has 0 spiro atoms. The number of sulfone groups is 1. The van der Waals surface area contributed by atoms with E-state index in [1.807, 2.05) is 0 Å². The summed E-state index contributed by atoms with van der Waals surface area (Å²) in [5.74, 6) is 1.62. The molecule has 0 atom stereocenters. The molecule has 0 aliphatic heterocycles. The van der Waals surface area contributed by atoms with Gasteiger partial charge >= 0.3 is 0 Å². The number of hydrogen-bond donors (Lipinski definition) is 1. The van der Waals surface area contributed by atoms with Gasteiger partial charge in [-0.1, -0.05) is 11.6 Å². The summed E-state index contributed by atoms with van der Waals surface area (Å²) in [5.41, 5.74) is 1.57. The number of rotatable bonds is 7. The molecule has 33 heavy (non-hydrogen) atoms. The quantitative estimate of drug-likeness (QED) is 0.371. The summed E-state index contributed by atoms with van der Waals surface area (Å²) in [6.45, 7) is 0. The maximum Gasteiger partial charge on any atom is 0.210 e. The summed E-state index contributed by atoms with van der Waals surface area (Å²) in [5, 5.41) is 4.27. The Morgan fingerprint density at radius 2 is 1.58 bits per heavy atom. The predicted octanol–water partition coefficient (Wildman–Crippen LogP) is 5.49. The first-order valence-corrected chi connectivity index (χ1v) is 11.7. The number of hydrogen-bond acceptors (Lipinski definition) is 7. The van der Waals surface area contributed by atoms with Crippen LogP contribution in [0.5, 0.6) is 17.2 Å². The molecule has 0 aliphatic rings. The van der Waals surface area contributed by atoms with Crippen LogP contribution >= 0.6 is 11.6 Å². The van der Waals surface area contributed by atoms with E-state index in [1.54, 1.807) is 50.6 Å². The van der Waals surface area contributed by atoms with Crippen LogP contribution in [0.1, 0.15) is 0 Å². The van der Waals surface area contributed by atoms with Gasteiger partial charge in [-0.25, -0.2) is 8.42 Å². The molecule has 3 aromatic carbocycles. The second-order valence-corrected chi connectivity index (χ2v) is 9.39. The second-order valence-electron chi connectivity index (χ2n) is 7.03. The van der Waals surface area contributed by atoms with Crippen molar-refractivity contribution in [2.75, 3.05) is 26.6 Å². The number of methoxy groups -OCH3 is 3. The van der Waals surface area contributed by atoms with E-state index in [9.17, 15) is 8.42 Å². The summed E-state index contributed by atoms with van der Waals surface area (Å²) in [4.78, 5) is 4.50. The van der Waals surface area contributed by atoms with Gasteiger partial charge in [0.2, 0.25) is 9.84 Å². The van der Waals surface area contributed by atoms with Crippen LogP contribution in [0.4, 0.5) is 11.4 Å². The topological polar surface area (TPSA) is 86.8 Å². The molecule has 0 aliphatic carbocycles. The first-order chi connectivity index (χ1) is 15.9. The lowest BCUT2D eigenvalue weighted by atomic mass is 10.1. The van der Waals surface area contributed by atoms with Gasteiger partial charge in [0.05, 0.1) is 37.4 Å². The van der Waals surface area contributed by atoms with Gasteiger partial charge in [-0.2, -0.15) is 0 Å². The molecule has 1 N–H and O–H groups in total. The molecule has 0 bridgehead atoms. The predicted molar refractivity (Wildman–Crippen MR) is 128 cm³/mol. The van der Waals surface area contributed by atoms with Crippen molar-refractivity contribution < 1.29 is 22.6 Å². The van der Waals surface area contributed by atoms with Crippen LogP contribution in [0.3, 0.4) is 0 Å². The monoisotopic (exact) mass is 484 g/mol. The molecule has 0 radical (unpaired) electrons. The van der Waals surface area contributed by atoms with Crippen molar-refractivity contribution in [3.8, 4) is 17.2 Å². The number of halogens is 1. The highest BCUT2D eigenvalue weighted by atomic mass is 35.5. The molecule has 0 amide bonds. The maximum absolute atomic E-state index is 13.6. The zero-order valence-electron chi connectivity index (χ0n) is 18.1. The lowest BCUT2D eigenvalue weighted by molar-refractivity contribution is 0.355. The van der Waals surface area contributed by atoms with Gasteiger partial charge < -0.3 is 19.5 Å². The molecule has 7 nitrogen and oxygen atoms in total. The van der Waals surface area contributed by atoms with Crippen LogP contribution < -0.4 is 19.5 Å². The molecule has 0 unspecified atom stereocenters. The minimum Gasteiger partial charge on any atom is -0.497 e. The van der Waals surface area contributed by atoms with Crippen molar-refractivity contribution >= 4 is 43.7 Å². The van der Waals surface area contributed by atoms with Crippen LogP contribution in [0.15, 0.2) is 76.7 Å². The van der Waals surface area contributed by atoms with E-state index in [0.29, 0.717) is 44.5 Å². The molecule has 9 heteroatoms. The zero-order valence-corrected chi connectivity index (χ0v) is 19.7. The standard InChI is InChI=1S/C24H21ClN2O5S/c1-30-17-7-10-20-19(13-17)24(27-16-6-11-21(31-2)22(12-16)32-3)23(14-26-20)33(28,29)18-8-4-15(25)5-9-18/h4-14H,1-3H3,(H,26,27). The van der Waals surface area contributed by atoms with E-state index >= 15 is 0 Å². The second kappa shape index (κ2) is 9.17. The van der Waals surface area contributed by atoms with Gasteiger partial charge in [0.25, 0.3) is 0 Å². The van der Waals surface area contributed by atoms with Crippen LogP contribution in [-0.2, 0) is 9.84 Å². The summed E-state index contributed by atoms with van der Waals surface area (Å²) in [6, 6.07) is 16.5. The lowest BCUT2D eigenvalue weighted by Gasteiger charge is -2.17. The first-order valence-electron chi connectivity index (χ1n) is 9.84. The lowest BCUT2D eigenvalue weighted by Crippen LogP contribution is -2.07. The van der Waals surface area contributed by atoms with E-state index in [1.165, 1.54) is 37.6 Å². The van der Waals surface area contributed by atoms with Gasteiger partial charge in [0, 0.05) is 28.4 Å². The molecule has 0 saturated carbocycles. The average Bonchev–Trinajstić information content (AvgIpc) is 2.83. The van der Waals surface area contributed by atoms with Gasteiger partial charge in [0.1, 0.15) is 10.6 Å². The smallest absolute Gasteiger partial charge is 0.210 e. The molecule has 1 aromatic heterocycles. The number of pyridine rings is 1. The van der Waals surface area contributed by atoms with Crippen LogP contribution in [0, 0.1) is 0 Å². The molecule has 4 rings (SSSR count). The Labute approximate surface area is 196 Å². The molecule has 0 saturated heterocycles. The fourth-order valence-electron chi connectivity index (χ4n) is 3.41. The number of anilines is 2. The summed E-state index contributed by atoms with van der Waals surface area (Å²) in [7, 11) is 0.698. The Kier molecular flexibility index (Phi) is 6.31. The van der Waals surface area contributed by atoms with E-state index in [2.05, 4.69) is 10.3 Å². The number of aromatic nitrogens is 1. The van der Waals surface area contributed by atoms with E-state index in [0.717, 1.165) is 0 Å². The minimum absolute atomic E-state index is 0.0142. The Balaban J connectivity index is 1.94. The molecule has 170 valence electrons. The van der Waals surface area contributed by atoms with Gasteiger partial charge in [0.15, 0.2) is 11.5 Å². The SMILES string of the molecule is COc1ccc2ncc(S(=O)(=O)c3ccc(Cl)cc3)c(Nc3ccc(OC)c(OC)c3)c2c1. The van der Waals surface area contributed by atoms with Crippen molar-refractivity contribution in [3.63, 3.8) is 0 Å². The number of fused-ring (bicyclic) bond motifs is 1. The maximum atomic E-state index is 13.6. The van der Waals surface area contributed by atoms with Gasteiger partial charge in [-0.3, -0.25) is 4.98 Å². The largest absolute Gasteiger partial charge is 0.497 e. The number of nitrogens with zero attached hydrogens (tertiary/aromatic N) is 1. The van der Waals surface area contributed by atoms with Crippen molar-refractivity contribution in [2.45, 2.75) is 9.79 Å². The van der Waals surface area contributed by atoms with Crippen LogP contribution in [0.25, 0.3) is 10.9 Å². The molecule has 0 fully saturated rings. The fourth-order valence-corrected chi connectivity index (χ4v) is 4.91. The summed E-state index contributed by atoms with van der Waals surface area (Å²) in [6.07, 6.45) is 1.35. The van der Waals surface area contributed by atoms with E-state index in [-0.39, 0.29) is 9.79 Å². The van der Waals surface area contributed by atoms with Gasteiger partial charge in [-0.05, 0) is 54.6 Å². The highest BCUT2D eigenvalue weighted by molar-refractivity contribution is 7.91. The third kappa shape index (κ3) is 4.40. The number of benzene rings is 3. The molecule has 1 heterocycles. The third-order valence-corrected chi connectivity index (χ3v) is 7.14. The Morgan fingerprint density at radius 1 is 0.848 bits per heavy atom. The van der Waals surface area contributed by atoms with Crippen molar-refractivity contribution in [1.82, 2.24) is 4.98 Å². The number of ether oxygens (including phenoxy) is 3. The fraction of sp³-hybridized carbons (Fsp3) is 0.125. The average molecular weight is 485 g/mol. The normalized spacial score (nSPS) is 11.3. The first kappa shape index (κ1) is 22.7. The van der Waals surface area contributed by atoms with Gasteiger partial charge in [-0.15, -0.1) is 0 Å². The molecular formula is C24H21ClN2O5S. The van der Waals surface area contributed by atoms with E-state index in [4.69, 9.17) is 25.8 Å².